The van der Waals surface area contributed by atoms with Gasteiger partial charge < -0.3 is 20.5 Å². The Balaban J connectivity index is 1.64. The first kappa shape index (κ1) is 27.0. The van der Waals surface area contributed by atoms with Crippen LogP contribution in [0.2, 0.25) is 0 Å². The minimum Gasteiger partial charge on any atom is -0.465 e. The molecule has 1 aromatic carbocycles. The molecule has 198 valence electrons. The minimum atomic E-state index is -0.428. The highest BCUT2D eigenvalue weighted by molar-refractivity contribution is 7.08. The van der Waals surface area contributed by atoms with Gasteiger partial charge in [-0.1, -0.05) is 26.0 Å². The maximum Gasteiger partial charge on any atom is 0.337 e. The molecule has 4 aromatic rings. The molecule has 4 rings (SSSR count). The van der Waals surface area contributed by atoms with E-state index in [1.807, 2.05) is 30.7 Å². The zero-order valence-corrected chi connectivity index (χ0v) is 22.2. The number of amides is 2. The highest BCUT2D eigenvalue weighted by Crippen LogP contribution is 2.28. The van der Waals surface area contributed by atoms with Gasteiger partial charge in [-0.3, -0.25) is 14.0 Å². The maximum atomic E-state index is 13.5. The summed E-state index contributed by atoms with van der Waals surface area (Å²) in [6.45, 7) is 4.11. The molecule has 0 bridgehead atoms. The van der Waals surface area contributed by atoms with Crippen LogP contribution in [0.3, 0.4) is 0 Å². The number of hydrogen-bond donors (Lipinski definition) is 3. The molecule has 3 heterocycles. The van der Waals surface area contributed by atoms with Crippen LogP contribution >= 0.6 is 11.3 Å². The number of carbonyl (C=O) groups excluding carboxylic acids is 3. The number of benzene rings is 1. The summed E-state index contributed by atoms with van der Waals surface area (Å²) in [5, 5.41) is 19.4. The van der Waals surface area contributed by atoms with E-state index < -0.39 is 12.0 Å². The number of fused-ring (bicyclic) bond motifs is 1. The third kappa shape index (κ3) is 5.92. The largest absolute Gasteiger partial charge is 0.465 e. The van der Waals surface area contributed by atoms with Crippen LogP contribution in [-0.4, -0.2) is 52.0 Å². The molecule has 10 heteroatoms. The lowest BCUT2D eigenvalue weighted by Gasteiger charge is -2.18. The molecular weight excluding hydrogens is 504 g/mol. The molecule has 9 nitrogen and oxygen atoms in total. The second kappa shape index (κ2) is 12.0. The highest BCUT2D eigenvalue weighted by Gasteiger charge is 2.25. The van der Waals surface area contributed by atoms with Crippen LogP contribution in [-0.2, 0) is 11.3 Å². The van der Waals surface area contributed by atoms with Gasteiger partial charge in [0.05, 0.1) is 30.9 Å². The Kier molecular flexibility index (Phi) is 8.55. The number of aliphatic hydroxyl groups is 1. The summed E-state index contributed by atoms with van der Waals surface area (Å²) in [5.41, 5.74) is 3.42. The minimum absolute atomic E-state index is 0.178. The number of imidazole rings is 1. The van der Waals surface area contributed by atoms with Gasteiger partial charge in [-0.15, -0.1) is 0 Å². The van der Waals surface area contributed by atoms with Crippen LogP contribution in [0.1, 0.15) is 57.0 Å². The first-order valence-corrected chi connectivity index (χ1v) is 13.2. The molecule has 3 N–H and O–H groups in total. The lowest BCUT2D eigenvalue weighted by atomic mass is 10.0. The van der Waals surface area contributed by atoms with Crippen molar-refractivity contribution in [2.75, 3.05) is 13.7 Å². The van der Waals surface area contributed by atoms with Crippen molar-refractivity contribution >= 4 is 34.8 Å². The van der Waals surface area contributed by atoms with Crippen LogP contribution in [0.15, 0.2) is 59.4 Å². The zero-order valence-electron chi connectivity index (χ0n) is 21.4. The lowest BCUT2D eigenvalue weighted by Crippen LogP contribution is -2.39. The fourth-order valence-corrected chi connectivity index (χ4v) is 4.86. The van der Waals surface area contributed by atoms with Gasteiger partial charge in [-0.05, 0) is 53.6 Å². The number of esters is 1. The number of rotatable bonds is 10. The van der Waals surface area contributed by atoms with Crippen molar-refractivity contribution in [2.24, 2.45) is 5.92 Å². The third-order valence-electron chi connectivity index (χ3n) is 6.04. The van der Waals surface area contributed by atoms with Crippen molar-refractivity contribution < 1.29 is 24.2 Å². The van der Waals surface area contributed by atoms with Gasteiger partial charge >= 0.3 is 5.97 Å². The van der Waals surface area contributed by atoms with E-state index in [4.69, 9.17) is 9.72 Å². The van der Waals surface area contributed by atoms with E-state index in [1.165, 1.54) is 18.4 Å². The average molecular weight is 535 g/mol. The zero-order chi connectivity index (χ0) is 27.2. The number of nitrogens with zero attached hydrogens (tertiary/aromatic N) is 2. The number of thiophene rings is 1. The molecule has 38 heavy (non-hydrogen) atoms. The summed E-state index contributed by atoms with van der Waals surface area (Å²) in [5.74, 6) is -0.864. The first-order valence-electron chi connectivity index (χ1n) is 12.2. The van der Waals surface area contributed by atoms with E-state index in [2.05, 4.69) is 10.6 Å². The van der Waals surface area contributed by atoms with E-state index in [9.17, 15) is 19.5 Å². The number of ether oxygens (including phenoxy) is 1. The van der Waals surface area contributed by atoms with Crippen molar-refractivity contribution in [1.82, 2.24) is 20.0 Å². The van der Waals surface area contributed by atoms with Gasteiger partial charge in [0.15, 0.2) is 5.65 Å². The Bertz CT molecular complexity index is 1430. The molecule has 0 spiro atoms. The molecule has 0 aliphatic carbocycles. The van der Waals surface area contributed by atoms with Crippen LogP contribution < -0.4 is 10.6 Å². The Hall–Kier alpha value is -4.02. The van der Waals surface area contributed by atoms with E-state index in [0.717, 1.165) is 11.1 Å². The standard InChI is InChI=1S/C28H30N4O5S/c1-17(2)13-21(15-33)30-27(35)24-23(20-10-12-38-16-20)31-25-22(5-4-11-32(24)25)26(34)29-14-18-6-8-19(9-7-18)28(36)37-3/h4-12,16-17,21,33H,13-15H2,1-3H3,(H,29,34)(H,30,35)/t21-/m0/s1. The van der Waals surface area contributed by atoms with Gasteiger partial charge in [-0.25, -0.2) is 9.78 Å². The summed E-state index contributed by atoms with van der Waals surface area (Å²) < 4.78 is 6.33. The molecule has 0 fully saturated rings. The summed E-state index contributed by atoms with van der Waals surface area (Å²) in [6.07, 6.45) is 2.33. The number of pyridine rings is 1. The third-order valence-corrected chi connectivity index (χ3v) is 6.73. The molecular formula is C28H30N4O5S. The van der Waals surface area contributed by atoms with E-state index >= 15 is 0 Å². The molecule has 1 atom stereocenters. The summed E-state index contributed by atoms with van der Waals surface area (Å²) in [4.78, 5) is 43.0. The van der Waals surface area contributed by atoms with Crippen molar-refractivity contribution in [3.63, 3.8) is 0 Å². The second-order valence-corrected chi connectivity index (χ2v) is 10.1. The van der Waals surface area contributed by atoms with Crippen LogP contribution in [0.5, 0.6) is 0 Å². The van der Waals surface area contributed by atoms with Gasteiger partial charge in [0.2, 0.25) is 0 Å². The maximum absolute atomic E-state index is 13.5. The van der Waals surface area contributed by atoms with E-state index in [1.54, 1.807) is 47.0 Å². The van der Waals surface area contributed by atoms with Crippen LogP contribution in [0.25, 0.3) is 16.9 Å². The summed E-state index contributed by atoms with van der Waals surface area (Å²) in [7, 11) is 1.32. The Labute approximate surface area is 224 Å². The Morgan fingerprint density at radius 2 is 1.87 bits per heavy atom. The number of methoxy groups -OCH3 is 1. The number of carbonyl (C=O) groups is 3. The summed E-state index contributed by atoms with van der Waals surface area (Å²) in [6, 6.07) is 11.6. The SMILES string of the molecule is COC(=O)c1ccc(CNC(=O)c2cccn3c(C(=O)N[C@H](CO)CC(C)C)c(-c4ccsc4)nc23)cc1. The van der Waals surface area contributed by atoms with E-state index in [0.29, 0.717) is 34.6 Å². The summed E-state index contributed by atoms with van der Waals surface area (Å²) >= 11 is 1.48. The van der Waals surface area contributed by atoms with Crippen LogP contribution in [0, 0.1) is 5.92 Å². The number of aliphatic hydroxyl groups excluding tert-OH is 1. The molecule has 0 unspecified atom stereocenters. The average Bonchev–Trinajstić information content (AvgIpc) is 3.59. The Morgan fingerprint density at radius 1 is 1.11 bits per heavy atom. The molecule has 0 aliphatic heterocycles. The number of nitrogens with one attached hydrogen (secondary N) is 2. The predicted octanol–water partition coefficient (Wildman–Crippen LogP) is 3.92. The van der Waals surface area contributed by atoms with Gasteiger partial charge in [-0.2, -0.15) is 11.3 Å². The fraction of sp³-hybridized carbons (Fsp3) is 0.286. The monoisotopic (exact) mass is 534 g/mol. The van der Waals surface area contributed by atoms with Crippen molar-refractivity contribution in [3.05, 3.63) is 81.8 Å². The predicted molar refractivity (Wildman–Crippen MR) is 145 cm³/mol. The van der Waals surface area contributed by atoms with Gasteiger partial charge in [0.25, 0.3) is 11.8 Å². The molecule has 0 saturated carbocycles. The van der Waals surface area contributed by atoms with Crippen molar-refractivity contribution in [3.8, 4) is 11.3 Å². The molecule has 0 radical (unpaired) electrons. The molecule has 0 aliphatic rings. The molecule has 2 amide bonds. The Morgan fingerprint density at radius 3 is 2.50 bits per heavy atom. The highest BCUT2D eigenvalue weighted by atomic mass is 32.1. The van der Waals surface area contributed by atoms with Crippen molar-refractivity contribution in [2.45, 2.75) is 32.9 Å². The first-order chi connectivity index (χ1) is 18.3. The lowest BCUT2D eigenvalue weighted by molar-refractivity contribution is 0.0600. The smallest absolute Gasteiger partial charge is 0.337 e. The topological polar surface area (TPSA) is 122 Å². The normalized spacial score (nSPS) is 11.9. The van der Waals surface area contributed by atoms with Gasteiger partial charge in [0, 0.05) is 23.7 Å². The van der Waals surface area contributed by atoms with Crippen LogP contribution in [0.4, 0.5) is 0 Å². The van der Waals surface area contributed by atoms with Crippen molar-refractivity contribution in [1.29, 1.82) is 0 Å². The van der Waals surface area contributed by atoms with E-state index in [-0.39, 0.29) is 30.9 Å². The second-order valence-electron chi connectivity index (χ2n) is 9.29. The number of aromatic nitrogens is 2. The molecule has 0 saturated heterocycles. The fourth-order valence-electron chi connectivity index (χ4n) is 4.22. The number of hydrogen-bond acceptors (Lipinski definition) is 7. The quantitative estimate of drug-likeness (QED) is 0.265. The molecule has 3 aromatic heterocycles. The van der Waals surface area contributed by atoms with Gasteiger partial charge in [0.1, 0.15) is 11.4 Å².